The molecule has 0 saturated carbocycles. The molecule has 1 aromatic rings. The van der Waals surface area contributed by atoms with Crippen LogP contribution in [0.3, 0.4) is 0 Å². The van der Waals surface area contributed by atoms with Gasteiger partial charge >= 0.3 is 6.03 Å². The lowest BCUT2D eigenvalue weighted by Gasteiger charge is -2.26. The molecule has 0 aliphatic heterocycles. The number of methoxy groups -OCH3 is 1. The molecule has 0 aliphatic carbocycles. The monoisotopic (exact) mass is 284 g/mol. The van der Waals surface area contributed by atoms with Crippen LogP contribution < -0.4 is 10.6 Å². The summed E-state index contributed by atoms with van der Waals surface area (Å²) >= 11 is 0. The van der Waals surface area contributed by atoms with E-state index in [2.05, 4.69) is 10.6 Å². The highest BCUT2D eigenvalue weighted by Crippen LogP contribution is 2.18. The average molecular weight is 284 g/mol. The molecule has 1 aromatic heterocycles. The zero-order chi connectivity index (χ0) is 15.2. The Morgan fingerprint density at radius 2 is 2.20 bits per heavy atom. The number of furan rings is 1. The van der Waals surface area contributed by atoms with Crippen molar-refractivity contribution in [3.63, 3.8) is 0 Å². The van der Waals surface area contributed by atoms with E-state index in [1.807, 2.05) is 20.8 Å². The maximum absolute atomic E-state index is 11.8. The summed E-state index contributed by atoms with van der Waals surface area (Å²) in [4.78, 5) is 11.8. The van der Waals surface area contributed by atoms with Crippen molar-refractivity contribution in [2.75, 3.05) is 20.3 Å². The van der Waals surface area contributed by atoms with Crippen LogP contribution in [0.1, 0.15) is 32.6 Å². The molecule has 114 valence electrons. The van der Waals surface area contributed by atoms with Crippen LogP contribution in [-0.4, -0.2) is 37.5 Å². The van der Waals surface area contributed by atoms with Crippen LogP contribution in [0, 0.1) is 5.41 Å². The van der Waals surface area contributed by atoms with Crippen molar-refractivity contribution in [1.29, 1.82) is 0 Å². The molecule has 0 aliphatic rings. The SMILES string of the molecule is COCC(NC(=O)NCC(O)C(C)(C)C)c1ccco1. The first-order chi connectivity index (χ1) is 9.34. The summed E-state index contributed by atoms with van der Waals surface area (Å²) in [7, 11) is 1.55. The number of amides is 2. The fraction of sp³-hybridized carbons (Fsp3) is 0.643. The minimum Gasteiger partial charge on any atom is -0.467 e. The van der Waals surface area contributed by atoms with Gasteiger partial charge in [0, 0.05) is 13.7 Å². The molecule has 0 spiro atoms. The van der Waals surface area contributed by atoms with Gasteiger partial charge in [-0.2, -0.15) is 0 Å². The van der Waals surface area contributed by atoms with Gasteiger partial charge in [0.25, 0.3) is 0 Å². The van der Waals surface area contributed by atoms with Gasteiger partial charge < -0.3 is 24.9 Å². The molecule has 2 atom stereocenters. The minimum absolute atomic E-state index is 0.188. The zero-order valence-corrected chi connectivity index (χ0v) is 12.5. The number of carbonyl (C=O) groups excluding carboxylic acids is 1. The van der Waals surface area contributed by atoms with Crippen molar-refractivity contribution in [3.8, 4) is 0 Å². The summed E-state index contributed by atoms with van der Waals surface area (Å²) in [5, 5.41) is 15.3. The number of rotatable bonds is 6. The number of urea groups is 1. The Kier molecular flexibility index (Phi) is 6.04. The Bertz CT molecular complexity index is 398. The minimum atomic E-state index is -0.613. The highest BCUT2D eigenvalue weighted by Gasteiger charge is 2.23. The first-order valence-corrected chi connectivity index (χ1v) is 6.59. The van der Waals surface area contributed by atoms with Gasteiger partial charge in [0.05, 0.1) is 19.0 Å². The fourth-order valence-corrected chi connectivity index (χ4v) is 1.56. The first-order valence-electron chi connectivity index (χ1n) is 6.59. The van der Waals surface area contributed by atoms with Crippen molar-refractivity contribution in [3.05, 3.63) is 24.2 Å². The van der Waals surface area contributed by atoms with Crippen molar-refractivity contribution >= 4 is 6.03 Å². The molecule has 2 unspecified atom stereocenters. The number of hydrogen-bond donors (Lipinski definition) is 3. The van der Waals surface area contributed by atoms with Gasteiger partial charge in [0.15, 0.2) is 0 Å². The van der Waals surface area contributed by atoms with Crippen molar-refractivity contribution in [2.24, 2.45) is 5.41 Å². The lowest BCUT2D eigenvalue weighted by atomic mass is 9.89. The van der Waals surface area contributed by atoms with Crippen LogP contribution in [0.15, 0.2) is 22.8 Å². The Morgan fingerprint density at radius 1 is 1.50 bits per heavy atom. The van der Waals surface area contributed by atoms with Gasteiger partial charge in [0.2, 0.25) is 0 Å². The van der Waals surface area contributed by atoms with E-state index >= 15 is 0 Å². The highest BCUT2D eigenvalue weighted by molar-refractivity contribution is 5.74. The van der Waals surface area contributed by atoms with Crippen LogP contribution in [0.4, 0.5) is 4.79 Å². The Labute approximate surface area is 119 Å². The van der Waals surface area contributed by atoms with Crippen LogP contribution >= 0.6 is 0 Å². The van der Waals surface area contributed by atoms with E-state index in [-0.39, 0.29) is 24.0 Å². The van der Waals surface area contributed by atoms with Gasteiger partial charge in [-0.25, -0.2) is 4.79 Å². The summed E-state index contributed by atoms with van der Waals surface area (Å²) in [6.07, 6.45) is 0.929. The summed E-state index contributed by atoms with van der Waals surface area (Å²) in [5.41, 5.74) is -0.278. The smallest absolute Gasteiger partial charge is 0.315 e. The lowest BCUT2D eigenvalue weighted by Crippen LogP contribution is -2.45. The maximum atomic E-state index is 11.8. The summed E-state index contributed by atoms with van der Waals surface area (Å²) in [5.74, 6) is 0.623. The van der Waals surface area contributed by atoms with Gasteiger partial charge in [-0.05, 0) is 17.5 Å². The Morgan fingerprint density at radius 3 is 2.70 bits per heavy atom. The fourth-order valence-electron chi connectivity index (χ4n) is 1.56. The van der Waals surface area contributed by atoms with E-state index in [0.29, 0.717) is 12.4 Å². The number of nitrogens with one attached hydrogen (secondary N) is 2. The Balaban J connectivity index is 2.47. The lowest BCUT2D eigenvalue weighted by molar-refractivity contribution is 0.0646. The number of ether oxygens (including phenoxy) is 1. The second-order valence-electron chi connectivity index (χ2n) is 5.76. The molecule has 0 fully saturated rings. The second-order valence-corrected chi connectivity index (χ2v) is 5.76. The molecule has 1 heterocycles. The topological polar surface area (TPSA) is 83.7 Å². The number of hydrogen-bond acceptors (Lipinski definition) is 4. The average Bonchev–Trinajstić information content (AvgIpc) is 2.88. The third kappa shape index (κ3) is 5.22. The predicted octanol–water partition coefficient (Wildman–Crippen LogP) is 1.67. The zero-order valence-electron chi connectivity index (χ0n) is 12.5. The van der Waals surface area contributed by atoms with Crippen LogP contribution in [0.5, 0.6) is 0 Å². The van der Waals surface area contributed by atoms with Gasteiger partial charge in [-0.1, -0.05) is 20.8 Å². The molecule has 0 aromatic carbocycles. The second kappa shape index (κ2) is 7.31. The molecule has 6 heteroatoms. The van der Waals surface area contributed by atoms with E-state index < -0.39 is 6.10 Å². The summed E-state index contributed by atoms with van der Waals surface area (Å²) < 4.78 is 10.3. The van der Waals surface area contributed by atoms with E-state index in [4.69, 9.17) is 9.15 Å². The standard InChI is InChI=1S/C14H24N2O4/c1-14(2,3)12(17)8-15-13(18)16-10(9-19-4)11-6-5-7-20-11/h5-7,10,12,17H,8-9H2,1-4H3,(H2,15,16,18). The molecule has 0 bridgehead atoms. The van der Waals surface area contributed by atoms with Crippen LogP contribution in [0.2, 0.25) is 0 Å². The summed E-state index contributed by atoms with van der Waals surface area (Å²) in [6.45, 7) is 6.23. The molecule has 0 saturated heterocycles. The predicted molar refractivity (Wildman–Crippen MR) is 75.3 cm³/mol. The largest absolute Gasteiger partial charge is 0.467 e. The number of aliphatic hydroxyl groups excluding tert-OH is 1. The van der Waals surface area contributed by atoms with Gasteiger partial charge in [-0.3, -0.25) is 0 Å². The molecule has 2 amide bonds. The van der Waals surface area contributed by atoms with E-state index in [1.165, 1.54) is 0 Å². The molecule has 6 nitrogen and oxygen atoms in total. The maximum Gasteiger partial charge on any atom is 0.315 e. The van der Waals surface area contributed by atoms with Gasteiger partial charge in [0.1, 0.15) is 11.8 Å². The number of carbonyl (C=O) groups is 1. The van der Waals surface area contributed by atoms with Crippen LogP contribution in [-0.2, 0) is 4.74 Å². The summed E-state index contributed by atoms with van der Waals surface area (Å²) in [6, 6.07) is 2.79. The van der Waals surface area contributed by atoms with Crippen molar-refractivity contribution in [2.45, 2.75) is 32.9 Å². The molecular weight excluding hydrogens is 260 g/mol. The van der Waals surface area contributed by atoms with Crippen molar-refractivity contribution < 1.29 is 19.1 Å². The third-order valence-corrected chi connectivity index (χ3v) is 2.98. The quantitative estimate of drug-likeness (QED) is 0.742. The van der Waals surface area contributed by atoms with Crippen LogP contribution in [0.25, 0.3) is 0 Å². The number of aliphatic hydroxyl groups is 1. The van der Waals surface area contributed by atoms with Gasteiger partial charge in [-0.15, -0.1) is 0 Å². The van der Waals surface area contributed by atoms with E-state index in [0.717, 1.165) is 0 Å². The Hall–Kier alpha value is -1.53. The molecule has 3 N–H and O–H groups in total. The van der Waals surface area contributed by atoms with Crippen molar-refractivity contribution in [1.82, 2.24) is 10.6 Å². The van der Waals surface area contributed by atoms with E-state index in [1.54, 1.807) is 25.5 Å². The third-order valence-electron chi connectivity index (χ3n) is 2.98. The van der Waals surface area contributed by atoms with E-state index in [9.17, 15) is 9.90 Å². The normalized spacial score (nSPS) is 14.7. The molecular formula is C14H24N2O4. The molecule has 1 rings (SSSR count). The molecule has 20 heavy (non-hydrogen) atoms. The first kappa shape index (κ1) is 16.5. The highest BCUT2D eigenvalue weighted by atomic mass is 16.5. The molecule has 0 radical (unpaired) electrons.